The van der Waals surface area contributed by atoms with Crippen molar-refractivity contribution in [3.8, 4) is 5.75 Å². The quantitative estimate of drug-likeness (QED) is 0.166. The van der Waals surface area contributed by atoms with Crippen molar-refractivity contribution in [3.63, 3.8) is 0 Å². The number of rotatable bonds is 18. The van der Waals surface area contributed by atoms with Crippen LogP contribution in [-0.2, 0) is 42.2 Å². The first kappa shape index (κ1) is 30.5. The molecule has 0 aliphatic rings. The Labute approximate surface area is 219 Å². The Morgan fingerprint density at radius 2 is 1.78 bits per heavy atom. The number of hydrogen-bond donors (Lipinski definition) is 4. The molecule has 0 bridgehead atoms. The van der Waals surface area contributed by atoms with Crippen LogP contribution in [0.4, 0.5) is 5.69 Å². The van der Waals surface area contributed by atoms with E-state index in [4.69, 9.17) is 14.2 Å². The van der Waals surface area contributed by atoms with E-state index in [0.717, 1.165) is 37.6 Å². The number of phenols is 1. The van der Waals surface area contributed by atoms with Gasteiger partial charge in [-0.05, 0) is 61.2 Å². The number of hydrogen-bond acceptors (Lipinski definition) is 9. The monoisotopic (exact) mass is 538 g/mol. The molecule has 0 amide bonds. The third kappa shape index (κ3) is 13.4. The first-order valence-corrected chi connectivity index (χ1v) is 14.1. The lowest BCUT2D eigenvalue weighted by Gasteiger charge is -2.14. The third-order valence-corrected chi connectivity index (χ3v) is 5.88. The number of carbonyl (C=O) groups is 1. The SMILES string of the molecule is CC(=O)OCc1cc([C@@H](O)CNCCCCCOCCOCc2cccc(NS(C)(=O)=O)c2)ccc1O. The number of aliphatic hydroxyl groups is 1. The summed E-state index contributed by atoms with van der Waals surface area (Å²) in [6.45, 7) is 4.33. The van der Waals surface area contributed by atoms with Gasteiger partial charge in [-0.25, -0.2) is 8.42 Å². The number of aliphatic hydroxyl groups excluding tert-OH is 1. The van der Waals surface area contributed by atoms with Gasteiger partial charge in [0.2, 0.25) is 10.0 Å². The van der Waals surface area contributed by atoms with Crippen LogP contribution in [-0.4, -0.2) is 63.8 Å². The van der Waals surface area contributed by atoms with Crippen LogP contribution in [0, 0.1) is 0 Å². The molecule has 0 fully saturated rings. The Morgan fingerprint density at radius 3 is 2.54 bits per heavy atom. The summed E-state index contributed by atoms with van der Waals surface area (Å²) in [7, 11) is -3.31. The lowest BCUT2D eigenvalue weighted by Crippen LogP contribution is -2.22. The van der Waals surface area contributed by atoms with Crippen LogP contribution in [0.1, 0.15) is 49.0 Å². The third-order valence-electron chi connectivity index (χ3n) is 5.27. The lowest BCUT2D eigenvalue weighted by molar-refractivity contribution is -0.142. The Hall–Kier alpha value is -2.70. The van der Waals surface area contributed by atoms with E-state index < -0.39 is 22.1 Å². The van der Waals surface area contributed by atoms with Crippen LogP contribution < -0.4 is 10.0 Å². The van der Waals surface area contributed by atoms with E-state index in [9.17, 15) is 23.4 Å². The van der Waals surface area contributed by atoms with E-state index >= 15 is 0 Å². The van der Waals surface area contributed by atoms with Gasteiger partial charge in [0.25, 0.3) is 0 Å². The fourth-order valence-electron chi connectivity index (χ4n) is 3.44. The number of unbranched alkanes of at least 4 members (excludes halogenated alkanes) is 2. The van der Waals surface area contributed by atoms with Crippen molar-refractivity contribution in [2.45, 2.75) is 45.5 Å². The van der Waals surface area contributed by atoms with Crippen LogP contribution >= 0.6 is 0 Å². The molecule has 0 heterocycles. The number of anilines is 1. The molecule has 2 rings (SSSR count). The van der Waals surface area contributed by atoms with Crippen molar-refractivity contribution >= 4 is 21.7 Å². The van der Waals surface area contributed by atoms with E-state index in [2.05, 4.69) is 10.0 Å². The highest BCUT2D eigenvalue weighted by Gasteiger charge is 2.11. The zero-order valence-electron chi connectivity index (χ0n) is 21.4. The van der Waals surface area contributed by atoms with Gasteiger partial charge in [0.15, 0.2) is 0 Å². The summed E-state index contributed by atoms with van der Waals surface area (Å²) in [5.41, 5.74) is 2.48. The molecule has 0 saturated carbocycles. The molecule has 4 N–H and O–H groups in total. The van der Waals surface area contributed by atoms with Crippen molar-refractivity contribution in [2.24, 2.45) is 0 Å². The molecule has 0 spiro atoms. The second-order valence-electron chi connectivity index (χ2n) is 8.69. The first-order valence-electron chi connectivity index (χ1n) is 12.2. The van der Waals surface area contributed by atoms with Gasteiger partial charge in [-0.1, -0.05) is 18.2 Å². The predicted molar refractivity (Wildman–Crippen MR) is 141 cm³/mol. The van der Waals surface area contributed by atoms with Gasteiger partial charge in [0.05, 0.1) is 32.2 Å². The fourth-order valence-corrected chi connectivity index (χ4v) is 4.00. The molecule has 11 heteroatoms. The highest BCUT2D eigenvalue weighted by molar-refractivity contribution is 7.92. The van der Waals surface area contributed by atoms with Crippen LogP contribution in [0.5, 0.6) is 5.75 Å². The summed E-state index contributed by atoms with van der Waals surface area (Å²) >= 11 is 0. The topological polar surface area (TPSA) is 143 Å². The van der Waals surface area contributed by atoms with E-state index in [1.54, 1.807) is 30.3 Å². The van der Waals surface area contributed by atoms with Crippen molar-refractivity contribution in [3.05, 3.63) is 59.2 Å². The van der Waals surface area contributed by atoms with Crippen LogP contribution in [0.25, 0.3) is 0 Å². The predicted octanol–water partition coefficient (Wildman–Crippen LogP) is 2.85. The molecule has 2 aromatic rings. The van der Waals surface area contributed by atoms with E-state index in [1.807, 2.05) is 6.07 Å². The standard InChI is InChI=1S/C26H38N2O8S/c1-20(29)36-19-23-16-22(9-10-25(23)30)26(31)17-27-11-4-3-5-12-34-13-14-35-18-21-7-6-8-24(15-21)28-37(2,32)33/h6-10,15-16,26-28,30-31H,3-5,11-14,17-19H2,1-2H3/t26-/m0/s1. The number of aromatic hydroxyl groups is 1. The van der Waals surface area contributed by atoms with E-state index in [-0.39, 0.29) is 12.4 Å². The Bertz CT molecular complexity index is 1080. The van der Waals surface area contributed by atoms with Gasteiger partial charge >= 0.3 is 5.97 Å². The van der Waals surface area contributed by atoms with Crippen molar-refractivity contribution < 1.29 is 37.6 Å². The molecule has 206 valence electrons. The molecule has 0 radical (unpaired) electrons. The molecule has 0 aliphatic carbocycles. The molecule has 10 nitrogen and oxygen atoms in total. The molecule has 37 heavy (non-hydrogen) atoms. The van der Waals surface area contributed by atoms with Crippen LogP contribution in [0.3, 0.4) is 0 Å². The van der Waals surface area contributed by atoms with Crippen LogP contribution in [0.15, 0.2) is 42.5 Å². The second-order valence-corrected chi connectivity index (χ2v) is 10.4. The van der Waals surface area contributed by atoms with Crippen molar-refractivity contribution in [1.29, 1.82) is 0 Å². The number of esters is 1. The zero-order chi connectivity index (χ0) is 27.1. The van der Waals surface area contributed by atoms with Gasteiger partial charge in [0.1, 0.15) is 12.4 Å². The maximum absolute atomic E-state index is 11.3. The zero-order valence-corrected chi connectivity index (χ0v) is 22.3. The summed E-state index contributed by atoms with van der Waals surface area (Å²) < 4.78 is 41.2. The van der Waals surface area contributed by atoms with E-state index in [0.29, 0.717) is 49.8 Å². The van der Waals surface area contributed by atoms with Gasteiger partial charge in [-0.2, -0.15) is 0 Å². The minimum atomic E-state index is -3.31. The molecular formula is C26H38N2O8S. The van der Waals surface area contributed by atoms with E-state index in [1.165, 1.54) is 13.0 Å². The molecule has 0 aromatic heterocycles. The molecule has 2 aromatic carbocycles. The number of sulfonamides is 1. The summed E-state index contributed by atoms with van der Waals surface area (Å²) in [5, 5.41) is 23.5. The fraction of sp³-hybridized carbons (Fsp3) is 0.500. The first-order chi connectivity index (χ1) is 17.6. The number of ether oxygens (including phenoxy) is 3. The average Bonchev–Trinajstić information content (AvgIpc) is 2.83. The smallest absolute Gasteiger partial charge is 0.302 e. The normalized spacial score (nSPS) is 12.3. The summed E-state index contributed by atoms with van der Waals surface area (Å²) in [5.74, 6) is -0.413. The van der Waals surface area contributed by atoms with Gasteiger partial charge in [-0.3, -0.25) is 9.52 Å². The molecule has 0 aliphatic heterocycles. The molecule has 0 saturated heterocycles. The minimum Gasteiger partial charge on any atom is -0.508 e. The molecule has 1 atom stereocenters. The van der Waals surface area contributed by atoms with Gasteiger partial charge < -0.3 is 29.7 Å². The number of nitrogens with one attached hydrogen (secondary N) is 2. The van der Waals surface area contributed by atoms with Crippen molar-refractivity contribution in [2.75, 3.05) is 43.9 Å². The summed E-state index contributed by atoms with van der Waals surface area (Å²) in [6, 6.07) is 11.8. The number of benzene rings is 2. The Morgan fingerprint density at radius 1 is 1.00 bits per heavy atom. The summed E-state index contributed by atoms with van der Waals surface area (Å²) in [6.07, 6.45) is 3.22. The largest absolute Gasteiger partial charge is 0.508 e. The minimum absolute atomic E-state index is 0.0215. The molecular weight excluding hydrogens is 500 g/mol. The highest BCUT2D eigenvalue weighted by Crippen LogP contribution is 2.23. The van der Waals surface area contributed by atoms with Crippen molar-refractivity contribution in [1.82, 2.24) is 5.32 Å². The van der Waals surface area contributed by atoms with Gasteiger partial charge in [-0.15, -0.1) is 0 Å². The maximum Gasteiger partial charge on any atom is 0.302 e. The number of carbonyl (C=O) groups excluding carboxylic acids is 1. The molecule has 0 unspecified atom stereocenters. The Kier molecular flexibility index (Phi) is 13.4. The number of phenolic OH excluding ortho intramolecular Hbond substituents is 1. The van der Waals surface area contributed by atoms with Crippen LogP contribution in [0.2, 0.25) is 0 Å². The second kappa shape index (κ2) is 16.2. The average molecular weight is 539 g/mol. The Balaban J connectivity index is 1.49. The van der Waals surface area contributed by atoms with Gasteiger partial charge in [0, 0.05) is 31.3 Å². The maximum atomic E-state index is 11.3. The summed E-state index contributed by atoms with van der Waals surface area (Å²) in [4.78, 5) is 11.0. The lowest BCUT2D eigenvalue weighted by atomic mass is 10.1. The highest BCUT2D eigenvalue weighted by atomic mass is 32.2.